The lowest BCUT2D eigenvalue weighted by molar-refractivity contribution is 0.102. The predicted octanol–water partition coefficient (Wildman–Crippen LogP) is 4.73. The first-order valence-corrected chi connectivity index (χ1v) is 10.5. The van der Waals surface area contributed by atoms with Crippen molar-refractivity contribution in [2.24, 2.45) is 0 Å². The largest absolute Gasteiger partial charge is 0.322 e. The van der Waals surface area contributed by atoms with Crippen molar-refractivity contribution in [3.8, 4) is 17.1 Å². The molecule has 7 nitrogen and oxygen atoms in total. The Labute approximate surface area is 191 Å². The van der Waals surface area contributed by atoms with Gasteiger partial charge >= 0.3 is 0 Å². The van der Waals surface area contributed by atoms with Crippen LogP contribution in [0.4, 0.5) is 5.69 Å². The first-order valence-electron chi connectivity index (χ1n) is 9.45. The van der Waals surface area contributed by atoms with Crippen LogP contribution in [-0.2, 0) is 0 Å². The highest BCUT2D eigenvalue weighted by Crippen LogP contribution is 2.32. The third-order valence-corrected chi connectivity index (χ3v) is 5.76. The van der Waals surface area contributed by atoms with Crippen molar-refractivity contribution >= 4 is 45.0 Å². The molecule has 5 aromatic rings. The number of benzene rings is 2. The van der Waals surface area contributed by atoms with E-state index in [2.05, 4.69) is 60.1 Å². The number of carbonyl (C=O) groups excluding carboxylic acids is 1. The highest BCUT2D eigenvalue weighted by atomic mass is 127. The summed E-state index contributed by atoms with van der Waals surface area (Å²) in [5.41, 5.74) is 3.00. The number of carbonyl (C=O) groups is 1. The average molecular weight is 518 g/mol. The standard InChI is InChI=1S/C23H15IN6O/c24-20-7-6-17(11-19(20)22-18-4-2-1-3-15(18)9-10-26-22)29-23(31)16-5-8-21(27-12-16)30-14-25-13-28-30/h1-14H,(H,29,31). The van der Waals surface area contributed by atoms with E-state index in [0.717, 1.165) is 25.6 Å². The van der Waals surface area contributed by atoms with Gasteiger partial charge in [0, 0.05) is 32.6 Å². The molecule has 1 N–H and O–H groups in total. The van der Waals surface area contributed by atoms with E-state index in [4.69, 9.17) is 0 Å². The molecule has 0 aliphatic carbocycles. The Hall–Kier alpha value is -3.66. The van der Waals surface area contributed by atoms with E-state index in [-0.39, 0.29) is 5.91 Å². The van der Waals surface area contributed by atoms with Crippen LogP contribution in [-0.4, -0.2) is 30.6 Å². The van der Waals surface area contributed by atoms with Crippen LogP contribution >= 0.6 is 22.6 Å². The number of hydrogen-bond donors (Lipinski definition) is 1. The first kappa shape index (κ1) is 19.3. The number of rotatable bonds is 4. The van der Waals surface area contributed by atoms with Gasteiger partial charge in [-0.3, -0.25) is 9.78 Å². The zero-order valence-corrected chi connectivity index (χ0v) is 18.3. The number of aromatic nitrogens is 5. The minimum Gasteiger partial charge on any atom is -0.322 e. The summed E-state index contributed by atoms with van der Waals surface area (Å²) in [5.74, 6) is 0.350. The van der Waals surface area contributed by atoms with Crippen molar-refractivity contribution in [3.05, 3.63) is 94.8 Å². The van der Waals surface area contributed by atoms with Crippen molar-refractivity contribution in [2.75, 3.05) is 5.32 Å². The molecular formula is C23H15IN6O. The van der Waals surface area contributed by atoms with Gasteiger partial charge < -0.3 is 5.32 Å². The molecule has 8 heteroatoms. The van der Waals surface area contributed by atoms with E-state index < -0.39 is 0 Å². The summed E-state index contributed by atoms with van der Waals surface area (Å²) < 4.78 is 2.59. The minimum atomic E-state index is -0.240. The Morgan fingerprint density at radius 1 is 1.00 bits per heavy atom. The molecule has 0 saturated heterocycles. The molecular weight excluding hydrogens is 503 g/mol. The Morgan fingerprint density at radius 2 is 1.90 bits per heavy atom. The third kappa shape index (κ3) is 3.89. The number of hydrogen-bond acceptors (Lipinski definition) is 5. The second-order valence-corrected chi connectivity index (χ2v) is 7.94. The second kappa shape index (κ2) is 8.23. The molecule has 0 spiro atoms. The van der Waals surface area contributed by atoms with Crippen molar-refractivity contribution in [1.82, 2.24) is 24.7 Å². The number of pyridine rings is 2. The maximum absolute atomic E-state index is 12.8. The van der Waals surface area contributed by atoms with Crippen molar-refractivity contribution in [2.45, 2.75) is 0 Å². The number of halogens is 1. The fourth-order valence-electron chi connectivity index (χ4n) is 3.30. The number of nitrogens with zero attached hydrogens (tertiary/aromatic N) is 5. The zero-order valence-electron chi connectivity index (χ0n) is 16.1. The van der Waals surface area contributed by atoms with Crippen LogP contribution in [0.3, 0.4) is 0 Å². The van der Waals surface area contributed by atoms with E-state index in [1.807, 2.05) is 36.4 Å². The number of anilines is 1. The summed E-state index contributed by atoms with van der Waals surface area (Å²) >= 11 is 2.29. The van der Waals surface area contributed by atoms with Crippen LogP contribution in [0.1, 0.15) is 10.4 Å². The summed E-state index contributed by atoms with van der Waals surface area (Å²) in [6.07, 6.45) is 6.31. The maximum atomic E-state index is 12.8. The normalized spacial score (nSPS) is 10.9. The molecule has 0 aliphatic rings. The fraction of sp³-hybridized carbons (Fsp3) is 0. The van der Waals surface area contributed by atoms with Gasteiger partial charge in [0.1, 0.15) is 12.7 Å². The van der Waals surface area contributed by atoms with Gasteiger partial charge in [-0.15, -0.1) is 0 Å². The minimum absolute atomic E-state index is 0.240. The molecule has 2 aromatic carbocycles. The second-order valence-electron chi connectivity index (χ2n) is 6.77. The van der Waals surface area contributed by atoms with Gasteiger partial charge in [0.25, 0.3) is 5.91 Å². The zero-order chi connectivity index (χ0) is 21.2. The van der Waals surface area contributed by atoms with Gasteiger partial charge in [-0.1, -0.05) is 24.3 Å². The van der Waals surface area contributed by atoms with Gasteiger partial charge in [0.05, 0.1) is 11.3 Å². The Bertz CT molecular complexity index is 1380. The molecule has 0 atom stereocenters. The monoisotopic (exact) mass is 518 g/mol. The van der Waals surface area contributed by atoms with Crippen LogP contribution in [0.2, 0.25) is 0 Å². The highest BCUT2D eigenvalue weighted by Gasteiger charge is 2.12. The van der Waals surface area contributed by atoms with E-state index in [0.29, 0.717) is 17.1 Å². The molecule has 150 valence electrons. The van der Waals surface area contributed by atoms with Gasteiger partial charge in [0.2, 0.25) is 0 Å². The molecule has 0 radical (unpaired) electrons. The molecule has 3 heterocycles. The van der Waals surface area contributed by atoms with Gasteiger partial charge in [-0.05, 0) is 64.4 Å². The van der Waals surface area contributed by atoms with Gasteiger partial charge in [-0.25, -0.2) is 14.6 Å². The van der Waals surface area contributed by atoms with E-state index in [1.54, 1.807) is 24.7 Å². The summed E-state index contributed by atoms with van der Waals surface area (Å²) in [6, 6.07) is 19.4. The Morgan fingerprint density at radius 3 is 2.71 bits per heavy atom. The summed E-state index contributed by atoms with van der Waals surface area (Å²) in [4.78, 5) is 25.5. The lowest BCUT2D eigenvalue weighted by Crippen LogP contribution is -2.13. The molecule has 0 bridgehead atoms. The number of fused-ring (bicyclic) bond motifs is 1. The molecule has 3 aromatic heterocycles. The lowest BCUT2D eigenvalue weighted by Gasteiger charge is -2.11. The van der Waals surface area contributed by atoms with Crippen LogP contribution in [0.5, 0.6) is 0 Å². The highest BCUT2D eigenvalue weighted by molar-refractivity contribution is 14.1. The quantitative estimate of drug-likeness (QED) is 0.348. The van der Waals surface area contributed by atoms with E-state index >= 15 is 0 Å². The van der Waals surface area contributed by atoms with Gasteiger partial charge in [0.15, 0.2) is 5.82 Å². The molecule has 0 aliphatic heterocycles. The summed E-state index contributed by atoms with van der Waals surface area (Å²) in [7, 11) is 0. The fourth-order valence-corrected chi connectivity index (χ4v) is 3.90. The molecule has 0 unspecified atom stereocenters. The summed E-state index contributed by atoms with van der Waals surface area (Å²) in [6.45, 7) is 0. The maximum Gasteiger partial charge on any atom is 0.257 e. The average Bonchev–Trinajstić information content (AvgIpc) is 3.35. The van der Waals surface area contributed by atoms with Crippen molar-refractivity contribution in [3.63, 3.8) is 0 Å². The lowest BCUT2D eigenvalue weighted by atomic mass is 10.0. The van der Waals surface area contributed by atoms with E-state index in [9.17, 15) is 4.79 Å². The topological polar surface area (TPSA) is 85.6 Å². The SMILES string of the molecule is O=C(Nc1ccc(I)c(-c2nccc3ccccc23)c1)c1ccc(-n2cncn2)nc1. The molecule has 31 heavy (non-hydrogen) atoms. The van der Waals surface area contributed by atoms with Crippen LogP contribution in [0.15, 0.2) is 85.7 Å². The van der Waals surface area contributed by atoms with E-state index in [1.165, 1.54) is 17.2 Å². The predicted molar refractivity (Wildman–Crippen MR) is 127 cm³/mol. The molecule has 1 amide bonds. The smallest absolute Gasteiger partial charge is 0.257 e. The van der Waals surface area contributed by atoms with Crippen molar-refractivity contribution < 1.29 is 4.79 Å². The van der Waals surface area contributed by atoms with Crippen LogP contribution < -0.4 is 5.32 Å². The number of amides is 1. The third-order valence-electron chi connectivity index (χ3n) is 4.82. The number of nitrogens with one attached hydrogen (secondary N) is 1. The Kier molecular flexibility index (Phi) is 5.13. The summed E-state index contributed by atoms with van der Waals surface area (Å²) in [5, 5.41) is 9.18. The van der Waals surface area contributed by atoms with Crippen molar-refractivity contribution in [1.29, 1.82) is 0 Å². The van der Waals surface area contributed by atoms with Gasteiger partial charge in [-0.2, -0.15) is 5.10 Å². The molecule has 0 saturated carbocycles. The first-order chi connectivity index (χ1) is 15.2. The van der Waals surface area contributed by atoms with Crippen LogP contribution in [0, 0.1) is 3.57 Å². The molecule has 5 rings (SSSR count). The molecule has 0 fully saturated rings. The van der Waals surface area contributed by atoms with Crippen LogP contribution in [0.25, 0.3) is 27.8 Å². The Balaban J connectivity index is 1.43.